The van der Waals surface area contributed by atoms with Crippen LogP contribution in [0, 0.1) is 0 Å². The number of alkyl halides is 3. The Morgan fingerprint density at radius 1 is 1.25 bits per heavy atom. The highest BCUT2D eigenvalue weighted by Crippen LogP contribution is 2.31. The fourth-order valence-electron chi connectivity index (χ4n) is 0.830. The van der Waals surface area contributed by atoms with Gasteiger partial charge in [-0.3, -0.25) is 0 Å². The Hall–Kier alpha value is -0.670. The smallest absolute Gasteiger partial charge is 0.326 e. The molecule has 12 heavy (non-hydrogen) atoms. The van der Waals surface area contributed by atoms with Gasteiger partial charge in [-0.25, -0.2) is 0 Å². The summed E-state index contributed by atoms with van der Waals surface area (Å²) >= 11 is 4.79. The van der Waals surface area contributed by atoms with Gasteiger partial charge in [0.2, 0.25) is 0 Å². The average molecular weight is 192 g/mol. The molecule has 0 aromatic heterocycles. The lowest BCUT2D eigenvalue weighted by molar-refractivity contribution is 0.0951. The molecule has 0 saturated carbocycles. The fourth-order valence-corrected chi connectivity index (χ4v) is 0.956. The monoisotopic (exact) mass is 191 g/mol. The van der Waals surface area contributed by atoms with E-state index < -0.39 is 5.38 Å². The summed E-state index contributed by atoms with van der Waals surface area (Å²) in [6, 6.07) is 5.61. The third-order valence-electron chi connectivity index (χ3n) is 1.52. The first kappa shape index (κ1) is 9.42. The van der Waals surface area contributed by atoms with E-state index in [4.69, 9.17) is 17.3 Å². The largest absolute Gasteiger partial charge is 0.348 e. The molecule has 0 aliphatic carbocycles. The molecule has 2 N–H and O–H groups in total. The zero-order valence-electron chi connectivity index (χ0n) is 6.23. The van der Waals surface area contributed by atoms with E-state index >= 15 is 0 Å². The van der Waals surface area contributed by atoms with Crippen molar-refractivity contribution >= 4 is 11.6 Å². The van der Waals surface area contributed by atoms with Gasteiger partial charge in [-0.1, -0.05) is 24.3 Å². The van der Waals surface area contributed by atoms with Crippen molar-refractivity contribution in [2.75, 3.05) is 0 Å². The first-order chi connectivity index (χ1) is 5.54. The molecule has 0 bridgehead atoms. The standard InChI is InChI=1S/C8H8ClF2N/c9-8(10,11)7-3-1-6(5-12)2-4-7/h1-4H,5,12H2. The predicted octanol–water partition coefficient (Wildman–Crippen LogP) is 2.43. The van der Waals surface area contributed by atoms with E-state index in [2.05, 4.69) is 0 Å². The van der Waals surface area contributed by atoms with Crippen molar-refractivity contribution in [1.82, 2.24) is 0 Å². The zero-order valence-corrected chi connectivity index (χ0v) is 6.98. The molecule has 1 nitrogen and oxygen atoms in total. The molecule has 1 rings (SSSR count). The number of halogens is 3. The topological polar surface area (TPSA) is 26.0 Å². The minimum absolute atomic E-state index is 0.207. The molecule has 0 aliphatic rings. The van der Waals surface area contributed by atoms with E-state index in [1.54, 1.807) is 0 Å². The van der Waals surface area contributed by atoms with Gasteiger partial charge < -0.3 is 5.73 Å². The van der Waals surface area contributed by atoms with E-state index in [0.717, 1.165) is 5.56 Å². The Bertz CT molecular complexity index is 253. The summed E-state index contributed by atoms with van der Waals surface area (Å²) in [5.41, 5.74) is 5.89. The molecule has 4 heteroatoms. The van der Waals surface area contributed by atoms with Crippen molar-refractivity contribution in [1.29, 1.82) is 0 Å². The quantitative estimate of drug-likeness (QED) is 0.714. The molecule has 0 unspecified atom stereocenters. The van der Waals surface area contributed by atoms with Gasteiger partial charge in [0.05, 0.1) is 0 Å². The summed E-state index contributed by atoms with van der Waals surface area (Å²) < 4.78 is 24.8. The zero-order chi connectivity index (χ0) is 9.19. The maximum Gasteiger partial charge on any atom is 0.348 e. The van der Waals surface area contributed by atoms with Crippen LogP contribution in [0.5, 0.6) is 0 Å². The van der Waals surface area contributed by atoms with Crippen LogP contribution in [0.15, 0.2) is 24.3 Å². The van der Waals surface area contributed by atoms with Crippen molar-refractivity contribution in [3.63, 3.8) is 0 Å². The first-order valence-corrected chi connectivity index (χ1v) is 3.78. The lowest BCUT2D eigenvalue weighted by Crippen LogP contribution is -2.03. The lowest BCUT2D eigenvalue weighted by atomic mass is 10.1. The van der Waals surface area contributed by atoms with Crippen LogP contribution in [0.3, 0.4) is 0 Å². The second-order valence-corrected chi connectivity index (χ2v) is 2.87. The average Bonchev–Trinajstić information content (AvgIpc) is 2.03. The van der Waals surface area contributed by atoms with E-state index in [1.165, 1.54) is 24.3 Å². The summed E-state index contributed by atoms with van der Waals surface area (Å²) in [4.78, 5) is 0. The van der Waals surface area contributed by atoms with Gasteiger partial charge in [0.1, 0.15) is 0 Å². The van der Waals surface area contributed by atoms with Crippen LogP contribution in [-0.4, -0.2) is 0 Å². The van der Waals surface area contributed by atoms with Gasteiger partial charge in [0.15, 0.2) is 0 Å². The van der Waals surface area contributed by atoms with Gasteiger partial charge in [0, 0.05) is 12.1 Å². The second-order valence-electron chi connectivity index (χ2n) is 2.40. The number of hydrogen-bond acceptors (Lipinski definition) is 1. The summed E-state index contributed by atoms with van der Waals surface area (Å²) in [5, 5.41) is -3.28. The number of nitrogens with two attached hydrogens (primary N) is 1. The van der Waals surface area contributed by atoms with Crippen molar-refractivity contribution in [2.24, 2.45) is 5.73 Å². The molecule has 0 radical (unpaired) electrons. The summed E-state index contributed by atoms with van der Waals surface area (Å²) in [6.45, 7) is 0.341. The van der Waals surface area contributed by atoms with Crippen molar-refractivity contribution in [2.45, 2.75) is 11.9 Å². The molecule has 0 fully saturated rings. The Morgan fingerprint density at radius 2 is 1.75 bits per heavy atom. The summed E-state index contributed by atoms with van der Waals surface area (Å²) in [7, 11) is 0. The minimum Gasteiger partial charge on any atom is -0.326 e. The van der Waals surface area contributed by atoms with Crippen LogP contribution in [0.4, 0.5) is 8.78 Å². The molecule has 0 heterocycles. The highest BCUT2D eigenvalue weighted by Gasteiger charge is 2.26. The van der Waals surface area contributed by atoms with Crippen LogP contribution in [0.25, 0.3) is 0 Å². The summed E-state index contributed by atoms with van der Waals surface area (Å²) in [6.07, 6.45) is 0. The van der Waals surface area contributed by atoms with Crippen molar-refractivity contribution < 1.29 is 8.78 Å². The Balaban J connectivity index is 2.93. The molecule has 1 aromatic rings. The van der Waals surface area contributed by atoms with Gasteiger partial charge in [-0.15, -0.1) is 0 Å². The van der Waals surface area contributed by atoms with E-state index in [0.29, 0.717) is 6.54 Å². The minimum atomic E-state index is -3.28. The maximum atomic E-state index is 12.4. The van der Waals surface area contributed by atoms with Gasteiger partial charge >= 0.3 is 5.38 Å². The molecular formula is C8H8ClF2N. The second kappa shape index (κ2) is 3.37. The molecule has 66 valence electrons. The van der Waals surface area contributed by atoms with Gasteiger partial charge in [0.25, 0.3) is 0 Å². The normalized spacial score (nSPS) is 11.7. The first-order valence-electron chi connectivity index (χ1n) is 3.40. The van der Waals surface area contributed by atoms with Crippen LogP contribution in [-0.2, 0) is 11.9 Å². The summed E-state index contributed by atoms with van der Waals surface area (Å²) in [5.74, 6) is 0. The molecule has 0 aliphatic heterocycles. The molecular weight excluding hydrogens is 184 g/mol. The van der Waals surface area contributed by atoms with Crippen LogP contribution in [0.2, 0.25) is 0 Å². The predicted molar refractivity (Wildman–Crippen MR) is 44.1 cm³/mol. The number of hydrogen-bond donors (Lipinski definition) is 1. The van der Waals surface area contributed by atoms with Crippen LogP contribution >= 0.6 is 11.6 Å². The third kappa shape index (κ3) is 2.16. The van der Waals surface area contributed by atoms with E-state index in [9.17, 15) is 8.78 Å². The van der Waals surface area contributed by atoms with Crippen LogP contribution in [0.1, 0.15) is 11.1 Å². The molecule has 1 aromatic carbocycles. The van der Waals surface area contributed by atoms with Crippen molar-refractivity contribution in [3.8, 4) is 0 Å². The molecule has 0 amide bonds. The van der Waals surface area contributed by atoms with Crippen LogP contribution < -0.4 is 5.73 Å². The highest BCUT2D eigenvalue weighted by molar-refractivity contribution is 6.21. The van der Waals surface area contributed by atoms with Gasteiger partial charge in [-0.2, -0.15) is 8.78 Å². The molecule has 0 atom stereocenters. The fraction of sp³-hybridized carbons (Fsp3) is 0.250. The Morgan fingerprint density at radius 3 is 2.08 bits per heavy atom. The van der Waals surface area contributed by atoms with Gasteiger partial charge in [-0.05, 0) is 17.2 Å². The maximum absolute atomic E-state index is 12.4. The number of benzene rings is 1. The highest BCUT2D eigenvalue weighted by atomic mass is 35.5. The number of rotatable bonds is 2. The SMILES string of the molecule is NCc1ccc(C(F)(F)Cl)cc1. The van der Waals surface area contributed by atoms with Crippen molar-refractivity contribution in [3.05, 3.63) is 35.4 Å². The van der Waals surface area contributed by atoms with E-state index in [1.807, 2.05) is 0 Å². The lowest BCUT2D eigenvalue weighted by Gasteiger charge is -2.07. The third-order valence-corrected chi connectivity index (χ3v) is 1.74. The molecule has 0 saturated heterocycles. The van der Waals surface area contributed by atoms with E-state index in [-0.39, 0.29) is 5.56 Å². The molecule has 0 spiro atoms. The Labute approximate surface area is 74.1 Å². The Kier molecular flexibility index (Phi) is 2.65.